The Balaban J connectivity index is 2.44. The molecule has 106 valence electrons. The van der Waals surface area contributed by atoms with Crippen LogP contribution in [0.15, 0.2) is 42.5 Å². The Morgan fingerprint density at radius 2 is 2.10 bits per heavy atom. The molecule has 0 fully saturated rings. The summed E-state index contributed by atoms with van der Waals surface area (Å²) in [6.07, 6.45) is 1.56. The number of hydrogen-bond acceptors (Lipinski definition) is 3. The molecule has 4 heteroatoms. The first kappa shape index (κ1) is 14.6. The van der Waals surface area contributed by atoms with Gasteiger partial charge < -0.3 is 9.84 Å². The van der Waals surface area contributed by atoms with Gasteiger partial charge in [-0.3, -0.25) is 0 Å². The second kappa shape index (κ2) is 6.58. The summed E-state index contributed by atoms with van der Waals surface area (Å²) in [5.41, 5.74) is 1.10. The minimum Gasteiger partial charge on any atom is -0.504 e. The van der Waals surface area contributed by atoms with Gasteiger partial charge in [0.1, 0.15) is 5.82 Å². The van der Waals surface area contributed by atoms with Gasteiger partial charge in [0.25, 0.3) is 0 Å². The first-order chi connectivity index (χ1) is 10.2. The Labute approximate surface area is 122 Å². The fourth-order valence-electron chi connectivity index (χ4n) is 1.91. The Morgan fingerprint density at radius 3 is 2.76 bits per heavy atom. The van der Waals surface area contributed by atoms with E-state index in [4.69, 9.17) is 4.74 Å². The largest absolute Gasteiger partial charge is 0.504 e. The highest BCUT2D eigenvalue weighted by atomic mass is 19.1. The van der Waals surface area contributed by atoms with Crippen LogP contribution in [0.4, 0.5) is 4.39 Å². The Bertz CT molecular complexity index is 717. The lowest BCUT2D eigenvalue weighted by atomic mass is 10.0. The van der Waals surface area contributed by atoms with Crippen molar-refractivity contribution in [3.05, 3.63) is 59.4 Å². The Kier molecular flexibility index (Phi) is 4.57. The molecule has 0 radical (unpaired) electrons. The number of phenols is 1. The maximum absolute atomic E-state index is 13.7. The SMILES string of the molecule is CCOc1cc(C=C(C#N)c2ccccc2F)ccc1O. The minimum atomic E-state index is -0.450. The van der Waals surface area contributed by atoms with Crippen LogP contribution in [-0.4, -0.2) is 11.7 Å². The minimum absolute atomic E-state index is 0.0263. The van der Waals surface area contributed by atoms with Gasteiger partial charge in [-0.05, 0) is 36.8 Å². The standard InChI is InChI=1S/C17H14FNO2/c1-2-21-17-10-12(7-8-16(17)20)9-13(11-19)14-5-3-4-6-15(14)18/h3-10,20H,2H2,1H3. The lowest BCUT2D eigenvalue weighted by Gasteiger charge is -2.07. The zero-order chi connectivity index (χ0) is 15.2. The first-order valence-electron chi connectivity index (χ1n) is 6.48. The van der Waals surface area contributed by atoms with Crippen molar-refractivity contribution in [2.45, 2.75) is 6.92 Å². The summed E-state index contributed by atoms with van der Waals surface area (Å²) < 4.78 is 19.0. The van der Waals surface area contributed by atoms with Crippen molar-refractivity contribution in [3.8, 4) is 17.6 Å². The third-order valence-electron chi connectivity index (χ3n) is 2.88. The highest BCUT2D eigenvalue weighted by Gasteiger charge is 2.08. The van der Waals surface area contributed by atoms with Gasteiger partial charge >= 0.3 is 0 Å². The van der Waals surface area contributed by atoms with Crippen LogP contribution in [-0.2, 0) is 0 Å². The van der Waals surface area contributed by atoms with Gasteiger partial charge in [0, 0.05) is 5.56 Å². The summed E-state index contributed by atoms with van der Waals surface area (Å²) in [4.78, 5) is 0. The molecule has 1 N–H and O–H groups in total. The molecular weight excluding hydrogens is 269 g/mol. The molecule has 0 aliphatic carbocycles. The summed E-state index contributed by atoms with van der Waals surface area (Å²) in [6, 6.07) is 12.8. The van der Waals surface area contributed by atoms with Crippen molar-refractivity contribution in [2.75, 3.05) is 6.61 Å². The smallest absolute Gasteiger partial charge is 0.161 e. The van der Waals surface area contributed by atoms with Crippen molar-refractivity contribution in [2.24, 2.45) is 0 Å². The molecule has 0 aliphatic rings. The number of halogens is 1. The number of nitriles is 1. The Hall–Kier alpha value is -2.80. The number of rotatable bonds is 4. The van der Waals surface area contributed by atoms with Crippen molar-refractivity contribution < 1.29 is 14.2 Å². The first-order valence-corrected chi connectivity index (χ1v) is 6.48. The second-order valence-electron chi connectivity index (χ2n) is 4.31. The molecule has 0 amide bonds. The quantitative estimate of drug-likeness (QED) is 0.681. The van der Waals surface area contributed by atoms with E-state index in [9.17, 15) is 14.8 Å². The maximum Gasteiger partial charge on any atom is 0.161 e. The van der Waals surface area contributed by atoms with E-state index in [1.54, 1.807) is 36.4 Å². The van der Waals surface area contributed by atoms with E-state index in [2.05, 4.69) is 0 Å². The fourth-order valence-corrected chi connectivity index (χ4v) is 1.91. The van der Waals surface area contributed by atoms with E-state index < -0.39 is 5.82 Å². The Morgan fingerprint density at radius 1 is 1.33 bits per heavy atom. The molecule has 0 aliphatic heterocycles. The molecule has 3 nitrogen and oxygen atoms in total. The molecule has 0 saturated carbocycles. The van der Waals surface area contributed by atoms with Gasteiger partial charge in [-0.1, -0.05) is 24.3 Å². The normalized spacial score (nSPS) is 11.0. The summed E-state index contributed by atoms with van der Waals surface area (Å²) in [6.45, 7) is 2.22. The van der Waals surface area contributed by atoms with E-state index >= 15 is 0 Å². The average molecular weight is 283 g/mol. The second-order valence-corrected chi connectivity index (χ2v) is 4.31. The van der Waals surface area contributed by atoms with Crippen molar-refractivity contribution in [3.63, 3.8) is 0 Å². The number of aromatic hydroxyl groups is 1. The van der Waals surface area contributed by atoms with Crippen LogP contribution in [0.25, 0.3) is 11.6 Å². The van der Waals surface area contributed by atoms with Gasteiger partial charge in [-0.15, -0.1) is 0 Å². The summed E-state index contributed by atoms with van der Waals surface area (Å²) in [5.74, 6) is -0.0930. The zero-order valence-corrected chi connectivity index (χ0v) is 11.5. The predicted octanol–water partition coefficient (Wildman–Crippen LogP) is 3.99. The van der Waals surface area contributed by atoms with Gasteiger partial charge in [-0.25, -0.2) is 4.39 Å². The molecule has 2 rings (SSSR count). The monoisotopic (exact) mass is 283 g/mol. The summed E-state index contributed by atoms with van der Waals surface area (Å²) in [7, 11) is 0. The molecule has 21 heavy (non-hydrogen) atoms. The summed E-state index contributed by atoms with van der Waals surface area (Å²) in [5, 5.41) is 18.9. The van der Waals surface area contributed by atoms with E-state index in [0.29, 0.717) is 17.9 Å². The van der Waals surface area contributed by atoms with Gasteiger partial charge in [0.05, 0.1) is 18.2 Å². The molecule has 0 heterocycles. The maximum atomic E-state index is 13.7. The van der Waals surface area contributed by atoms with E-state index in [-0.39, 0.29) is 16.9 Å². The number of benzene rings is 2. The van der Waals surface area contributed by atoms with Gasteiger partial charge in [0.15, 0.2) is 11.5 Å². The topological polar surface area (TPSA) is 53.2 Å². The molecular formula is C17H14FNO2. The molecule has 0 atom stereocenters. The average Bonchev–Trinajstić information content (AvgIpc) is 2.49. The van der Waals surface area contributed by atoms with Crippen molar-refractivity contribution in [1.29, 1.82) is 5.26 Å². The van der Waals surface area contributed by atoms with E-state index in [1.165, 1.54) is 12.1 Å². The van der Waals surface area contributed by atoms with Crippen LogP contribution in [0.3, 0.4) is 0 Å². The third kappa shape index (κ3) is 3.40. The van der Waals surface area contributed by atoms with Crippen molar-refractivity contribution in [1.82, 2.24) is 0 Å². The van der Waals surface area contributed by atoms with Crippen LogP contribution in [0.5, 0.6) is 11.5 Å². The van der Waals surface area contributed by atoms with Gasteiger partial charge in [-0.2, -0.15) is 5.26 Å². The number of hydrogen-bond donors (Lipinski definition) is 1. The lowest BCUT2D eigenvalue weighted by Crippen LogP contribution is -1.92. The summed E-state index contributed by atoms with van der Waals surface area (Å²) >= 11 is 0. The zero-order valence-electron chi connectivity index (χ0n) is 11.5. The molecule has 0 aromatic heterocycles. The van der Waals surface area contributed by atoms with E-state index in [0.717, 1.165) is 0 Å². The highest BCUT2D eigenvalue weighted by molar-refractivity contribution is 5.90. The van der Waals surface area contributed by atoms with Crippen LogP contribution in [0.2, 0.25) is 0 Å². The van der Waals surface area contributed by atoms with Crippen molar-refractivity contribution >= 4 is 11.6 Å². The van der Waals surface area contributed by atoms with Crippen LogP contribution >= 0.6 is 0 Å². The van der Waals surface area contributed by atoms with Gasteiger partial charge in [0.2, 0.25) is 0 Å². The molecule has 2 aromatic rings. The molecule has 0 unspecified atom stereocenters. The predicted molar refractivity (Wildman–Crippen MR) is 79.2 cm³/mol. The van der Waals surface area contributed by atoms with Crippen LogP contribution < -0.4 is 4.74 Å². The number of allylic oxidation sites excluding steroid dienone is 1. The fraction of sp³-hybridized carbons (Fsp3) is 0.118. The molecule has 0 spiro atoms. The van der Waals surface area contributed by atoms with Crippen LogP contribution in [0, 0.1) is 17.1 Å². The number of phenolic OH excluding ortho intramolecular Hbond substituents is 1. The van der Waals surface area contributed by atoms with E-state index in [1.807, 2.05) is 13.0 Å². The van der Waals surface area contributed by atoms with Crippen LogP contribution in [0.1, 0.15) is 18.1 Å². The molecule has 2 aromatic carbocycles. The lowest BCUT2D eigenvalue weighted by molar-refractivity contribution is 0.318. The molecule has 0 bridgehead atoms. The molecule has 0 saturated heterocycles. The highest BCUT2D eigenvalue weighted by Crippen LogP contribution is 2.29. The number of nitrogens with zero attached hydrogens (tertiary/aromatic N) is 1. The number of ether oxygens (including phenoxy) is 1. The third-order valence-corrected chi connectivity index (χ3v) is 2.88.